The zero-order valence-corrected chi connectivity index (χ0v) is 24.6. The zero-order chi connectivity index (χ0) is 32.7. The normalized spacial score (nSPS) is 13.6. The van der Waals surface area contributed by atoms with E-state index < -0.39 is 29.7 Å². The highest BCUT2D eigenvalue weighted by Gasteiger charge is 2.31. The molecule has 14 heteroatoms. The molecule has 1 aliphatic rings. The van der Waals surface area contributed by atoms with Crippen molar-refractivity contribution in [1.82, 2.24) is 15.6 Å². The van der Waals surface area contributed by atoms with Crippen LogP contribution in [0.2, 0.25) is 0 Å². The summed E-state index contributed by atoms with van der Waals surface area (Å²) in [5, 5.41) is 8.44. The summed E-state index contributed by atoms with van der Waals surface area (Å²) in [6.45, 7) is 2.20. The van der Waals surface area contributed by atoms with E-state index in [1.54, 1.807) is 18.2 Å². The second-order valence-electron chi connectivity index (χ2n) is 10.4. The Morgan fingerprint density at radius 1 is 0.957 bits per heavy atom. The van der Waals surface area contributed by atoms with E-state index in [1.165, 1.54) is 37.6 Å². The predicted octanol–water partition coefficient (Wildman–Crippen LogP) is 5.71. The highest BCUT2D eigenvalue weighted by atomic mass is 19.4. The Labute approximate surface area is 261 Å². The van der Waals surface area contributed by atoms with Gasteiger partial charge in [-0.3, -0.25) is 14.6 Å². The molecule has 3 N–H and O–H groups in total. The van der Waals surface area contributed by atoms with Crippen molar-refractivity contribution < 1.29 is 46.1 Å². The van der Waals surface area contributed by atoms with Gasteiger partial charge < -0.3 is 34.9 Å². The van der Waals surface area contributed by atoms with Crippen molar-refractivity contribution >= 4 is 28.4 Å². The van der Waals surface area contributed by atoms with Crippen molar-refractivity contribution in [2.45, 2.75) is 25.7 Å². The van der Waals surface area contributed by atoms with Crippen LogP contribution in [0.4, 0.5) is 23.2 Å². The number of pyridine rings is 1. The first kappa shape index (κ1) is 32.3. The fourth-order valence-corrected chi connectivity index (χ4v) is 4.83. The van der Waals surface area contributed by atoms with Gasteiger partial charge in [0.25, 0.3) is 0 Å². The fourth-order valence-electron chi connectivity index (χ4n) is 4.83. The Kier molecular flexibility index (Phi) is 10.1. The average Bonchev–Trinajstić information content (AvgIpc) is 3.03. The van der Waals surface area contributed by atoms with Crippen molar-refractivity contribution in [2.75, 3.05) is 32.1 Å². The molecular formula is C32H30F4N4O6. The molecule has 10 nitrogen and oxygen atoms in total. The minimum Gasteiger partial charge on any atom is -0.493 e. The third-order valence-electron chi connectivity index (χ3n) is 7.12. The van der Waals surface area contributed by atoms with E-state index in [0.29, 0.717) is 40.7 Å². The first-order valence-corrected chi connectivity index (χ1v) is 14.3. The van der Waals surface area contributed by atoms with Crippen LogP contribution >= 0.6 is 0 Å². The summed E-state index contributed by atoms with van der Waals surface area (Å²) in [5.41, 5.74) is 0.786. The highest BCUT2D eigenvalue weighted by molar-refractivity contribution is 6.39. The number of nitrogens with zero attached hydrogens (tertiary/aromatic N) is 1. The number of hydrogen-bond donors (Lipinski definition) is 3. The zero-order valence-electron chi connectivity index (χ0n) is 24.6. The highest BCUT2D eigenvalue weighted by Crippen LogP contribution is 2.38. The molecule has 0 unspecified atom stereocenters. The minimum atomic E-state index is -4.87. The number of aromatic nitrogens is 1. The molecule has 1 aromatic heterocycles. The van der Waals surface area contributed by atoms with Crippen LogP contribution in [0.3, 0.4) is 0 Å². The largest absolute Gasteiger partial charge is 0.573 e. The summed E-state index contributed by atoms with van der Waals surface area (Å²) in [6.07, 6.45) is -1.31. The van der Waals surface area contributed by atoms with Crippen molar-refractivity contribution in [1.29, 1.82) is 0 Å². The second-order valence-corrected chi connectivity index (χ2v) is 10.4. The van der Waals surface area contributed by atoms with Gasteiger partial charge in [0.2, 0.25) is 0 Å². The number of hydrogen-bond acceptors (Lipinski definition) is 8. The van der Waals surface area contributed by atoms with Crippen molar-refractivity contribution in [3.8, 4) is 28.7 Å². The van der Waals surface area contributed by atoms with Gasteiger partial charge in [-0.05, 0) is 73.8 Å². The number of benzene rings is 3. The molecule has 0 radical (unpaired) electrons. The first-order valence-electron chi connectivity index (χ1n) is 14.3. The van der Waals surface area contributed by atoms with Gasteiger partial charge in [0.15, 0.2) is 23.1 Å². The van der Waals surface area contributed by atoms with E-state index in [4.69, 9.17) is 14.2 Å². The minimum absolute atomic E-state index is 0.0256. The summed E-state index contributed by atoms with van der Waals surface area (Å²) < 4.78 is 73.7. The lowest BCUT2D eigenvalue weighted by Crippen LogP contribution is -2.35. The number of carbonyl (C=O) groups excluding carboxylic acids is 2. The lowest BCUT2D eigenvalue weighted by molar-refractivity contribution is -0.274. The van der Waals surface area contributed by atoms with E-state index in [2.05, 4.69) is 25.7 Å². The van der Waals surface area contributed by atoms with Crippen molar-refractivity contribution in [2.24, 2.45) is 5.92 Å². The lowest BCUT2D eigenvalue weighted by Gasteiger charge is -2.23. The van der Waals surface area contributed by atoms with Crippen molar-refractivity contribution in [3.63, 3.8) is 0 Å². The molecule has 2 amide bonds. The molecule has 0 atom stereocenters. The Bertz CT molecular complexity index is 1710. The molecule has 1 aliphatic heterocycles. The number of amides is 2. The number of ether oxygens (including phenoxy) is 4. The molecule has 0 spiro atoms. The summed E-state index contributed by atoms with van der Waals surface area (Å²) in [4.78, 5) is 29.0. The standard InChI is InChI=1S/C32H30F4N4O6/c1-43-28-15-23-25(16-29(28)44-18-19-7-10-37-11-8-19)38-12-9-26(23)45-27-6-5-21(14-24(27)33)40-31(42)30(41)39-17-20-3-2-4-22(13-20)46-32(34,35)36/h2-6,9,12-16,19,37H,7-8,10-11,17-18H2,1H3,(H,39,41)(H,40,42). The van der Waals surface area contributed by atoms with Crippen LogP contribution in [0.5, 0.6) is 28.7 Å². The molecule has 46 heavy (non-hydrogen) atoms. The van der Waals surface area contributed by atoms with Crippen LogP contribution in [0.25, 0.3) is 10.9 Å². The monoisotopic (exact) mass is 642 g/mol. The number of rotatable bonds is 10. The molecule has 0 bridgehead atoms. The molecule has 1 saturated heterocycles. The van der Waals surface area contributed by atoms with Gasteiger partial charge in [-0.2, -0.15) is 0 Å². The van der Waals surface area contributed by atoms with E-state index >= 15 is 4.39 Å². The van der Waals surface area contributed by atoms with Gasteiger partial charge in [0, 0.05) is 35.9 Å². The van der Waals surface area contributed by atoms with Gasteiger partial charge in [0.05, 0.1) is 19.2 Å². The van der Waals surface area contributed by atoms with Gasteiger partial charge >= 0.3 is 18.2 Å². The van der Waals surface area contributed by atoms with Crippen LogP contribution in [-0.2, 0) is 16.1 Å². The molecule has 242 valence electrons. The molecule has 0 aliphatic carbocycles. The van der Waals surface area contributed by atoms with E-state index in [0.717, 1.165) is 44.1 Å². The number of anilines is 1. The maximum Gasteiger partial charge on any atom is 0.573 e. The predicted molar refractivity (Wildman–Crippen MR) is 159 cm³/mol. The lowest BCUT2D eigenvalue weighted by atomic mass is 9.99. The molecule has 3 aromatic carbocycles. The third kappa shape index (κ3) is 8.53. The summed E-state index contributed by atoms with van der Waals surface area (Å²) in [7, 11) is 1.52. The Morgan fingerprint density at radius 2 is 1.76 bits per heavy atom. The first-order chi connectivity index (χ1) is 22.1. The quantitative estimate of drug-likeness (QED) is 0.149. The number of nitrogens with one attached hydrogen (secondary N) is 3. The van der Waals surface area contributed by atoms with Gasteiger partial charge in [-0.25, -0.2) is 4.39 Å². The maximum absolute atomic E-state index is 15.1. The molecule has 4 aromatic rings. The summed E-state index contributed by atoms with van der Waals surface area (Å²) in [5.74, 6) is -1.90. The maximum atomic E-state index is 15.1. The Hall–Kier alpha value is -5.11. The number of halogens is 4. The van der Waals surface area contributed by atoms with E-state index in [1.807, 2.05) is 0 Å². The summed E-state index contributed by atoms with van der Waals surface area (Å²) in [6, 6.07) is 13.6. The van der Waals surface area contributed by atoms with Crippen LogP contribution in [-0.4, -0.2) is 50.0 Å². The Balaban J connectivity index is 1.21. The van der Waals surface area contributed by atoms with E-state index in [-0.39, 0.29) is 23.5 Å². The van der Waals surface area contributed by atoms with Gasteiger partial charge in [0.1, 0.15) is 11.5 Å². The second kappa shape index (κ2) is 14.3. The topological polar surface area (TPSA) is 120 Å². The van der Waals surface area contributed by atoms with Crippen LogP contribution in [0.15, 0.2) is 66.9 Å². The molecule has 0 saturated carbocycles. The Morgan fingerprint density at radius 3 is 2.50 bits per heavy atom. The third-order valence-corrected chi connectivity index (χ3v) is 7.12. The van der Waals surface area contributed by atoms with Gasteiger partial charge in [-0.15, -0.1) is 13.2 Å². The van der Waals surface area contributed by atoms with Crippen molar-refractivity contribution in [3.05, 3.63) is 78.2 Å². The summed E-state index contributed by atoms with van der Waals surface area (Å²) >= 11 is 0. The number of alkyl halides is 3. The van der Waals surface area contributed by atoms with E-state index in [9.17, 15) is 22.8 Å². The van der Waals surface area contributed by atoms with Gasteiger partial charge in [-0.1, -0.05) is 12.1 Å². The SMILES string of the molecule is COc1cc2c(Oc3ccc(NC(=O)C(=O)NCc4cccc(OC(F)(F)F)c4)cc3F)ccnc2cc1OCC1CCNCC1. The molecular weight excluding hydrogens is 612 g/mol. The number of piperidine rings is 1. The average molecular weight is 643 g/mol. The molecule has 5 rings (SSSR count). The van der Waals surface area contributed by atoms with Crippen LogP contribution in [0, 0.1) is 11.7 Å². The molecule has 2 heterocycles. The van der Waals surface area contributed by atoms with Crippen LogP contribution < -0.4 is 34.9 Å². The van der Waals surface area contributed by atoms with Crippen LogP contribution in [0.1, 0.15) is 18.4 Å². The smallest absolute Gasteiger partial charge is 0.493 e. The fraction of sp³-hybridized carbons (Fsp3) is 0.281. The molecule has 1 fully saturated rings. The number of fused-ring (bicyclic) bond motifs is 1. The number of carbonyl (C=O) groups is 2. The number of methoxy groups -OCH3 is 1.